The highest BCUT2D eigenvalue weighted by atomic mass is 79.9. The highest BCUT2D eigenvalue weighted by Gasteiger charge is 2.14. The molecule has 0 saturated heterocycles. The molecule has 0 aliphatic heterocycles. The van der Waals surface area contributed by atoms with Gasteiger partial charge in [-0.3, -0.25) is 4.79 Å². The number of amides is 1. The number of carbonyl (C=O) groups is 1. The van der Waals surface area contributed by atoms with Crippen molar-refractivity contribution in [1.82, 2.24) is 5.32 Å². The molecule has 19 heavy (non-hydrogen) atoms. The van der Waals surface area contributed by atoms with Crippen molar-refractivity contribution in [2.75, 3.05) is 0 Å². The number of aryl methyl sites for hydroxylation is 1. The number of benzene rings is 1. The number of halogens is 2. The van der Waals surface area contributed by atoms with Gasteiger partial charge in [0.1, 0.15) is 0 Å². The zero-order valence-corrected chi connectivity index (χ0v) is 13.7. The molecule has 0 spiro atoms. The first kappa shape index (κ1) is 14.6. The number of nitrogens with one attached hydrogen (secondary N) is 1. The maximum Gasteiger partial charge on any atom is 0.261 e. The molecule has 100 valence electrons. The molecule has 0 fully saturated rings. The van der Waals surface area contributed by atoms with Crippen molar-refractivity contribution in [3.8, 4) is 0 Å². The van der Waals surface area contributed by atoms with E-state index in [1.807, 2.05) is 44.2 Å². The summed E-state index contributed by atoms with van der Waals surface area (Å²) in [5, 5.41) is 3.65. The van der Waals surface area contributed by atoms with Crippen LogP contribution in [-0.4, -0.2) is 5.91 Å². The third kappa shape index (κ3) is 3.59. The van der Waals surface area contributed by atoms with Gasteiger partial charge in [-0.05, 0) is 59.1 Å². The quantitative estimate of drug-likeness (QED) is 0.825. The van der Waals surface area contributed by atoms with Crippen molar-refractivity contribution in [2.45, 2.75) is 19.9 Å². The Hall–Kier alpha value is -0.840. The van der Waals surface area contributed by atoms with Gasteiger partial charge >= 0.3 is 0 Å². The molecule has 0 radical (unpaired) electrons. The SMILES string of the molecule is Cc1cc(C(=O)NC(C)c2cccc(Cl)c2)sc1Br. The van der Waals surface area contributed by atoms with E-state index >= 15 is 0 Å². The molecule has 0 saturated carbocycles. The molecule has 0 aliphatic carbocycles. The molecule has 1 heterocycles. The van der Waals surface area contributed by atoms with Crippen molar-refractivity contribution < 1.29 is 4.79 Å². The number of carbonyl (C=O) groups excluding carboxylic acids is 1. The minimum atomic E-state index is -0.0765. The predicted molar refractivity (Wildman–Crippen MR) is 84.1 cm³/mol. The van der Waals surface area contributed by atoms with E-state index in [0.717, 1.165) is 14.9 Å². The smallest absolute Gasteiger partial charge is 0.261 e. The summed E-state index contributed by atoms with van der Waals surface area (Å²) < 4.78 is 0.994. The summed E-state index contributed by atoms with van der Waals surface area (Å²) in [5.41, 5.74) is 2.07. The molecule has 1 N–H and O–H groups in total. The molecule has 1 aromatic heterocycles. The molecule has 1 amide bonds. The number of rotatable bonds is 3. The van der Waals surface area contributed by atoms with Crippen LogP contribution in [0.5, 0.6) is 0 Å². The van der Waals surface area contributed by atoms with Crippen LogP contribution in [0.25, 0.3) is 0 Å². The van der Waals surface area contributed by atoms with E-state index in [9.17, 15) is 4.79 Å². The van der Waals surface area contributed by atoms with E-state index < -0.39 is 0 Å². The highest BCUT2D eigenvalue weighted by molar-refractivity contribution is 9.11. The first-order chi connectivity index (χ1) is 8.97. The molecule has 1 aromatic carbocycles. The molecule has 5 heteroatoms. The second-order valence-electron chi connectivity index (χ2n) is 4.32. The van der Waals surface area contributed by atoms with Crippen molar-refractivity contribution >= 4 is 44.8 Å². The van der Waals surface area contributed by atoms with Crippen LogP contribution in [0.2, 0.25) is 5.02 Å². The summed E-state index contributed by atoms with van der Waals surface area (Å²) in [6.07, 6.45) is 0. The monoisotopic (exact) mass is 357 g/mol. The molecule has 1 atom stereocenters. The van der Waals surface area contributed by atoms with Gasteiger partial charge in [0.25, 0.3) is 5.91 Å². The van der Waals surface area contributed by atoms with Crippen molar-refractivity contribution in [3.63, 3.8) is 0 Å². The summed E-state index contributed by atoms with van der Waals surface area (Å²) in [4.78, 5) is 12.8. The topological polar surface area (TPSA) is 29.1 Å². The van der Waals surface area contributed by atoms with Crippen LogP contribution in [0.3, 0.4) is 0 Å². The molecule has 1 unspecified atom stereocenters. The molecular weight excluding hydrogens is 346 g/mol. The van der Waals surface area contributed by atoms with Gasteiger partial charge in [-0.25, -0.2) is 0 Å². The average molecular weight is 359 g/mol. The Morgan fingerprint density at radius 2 is 2.16 bits per heavy atom. The fourth-order valence-electron chi connectivity index (χ4n) is 1.70. The second kappa shape index (κ2) is 6.07. The number of hydrogen-bond donors (Lipinski definition) is 1. The van der Waals surface area contributed by atoms with Gasteiger partial charge in [0.2, 0.25) is 0 Å². The summed E-state index contributed by atoms with van der Waals surface area (Å²) >= 11 is 10.8. The van der Waals surface area contributed by atoms with E-state index in [2.05, 4.69) is 21.2 Å². The van der Waals surface area contributed by atoms with Gasteiger partial charge in [-0.1, -0.05) is 23.7 Å². The van der Waals surface area contributed by atoms with Gasteiger partial charge in [-0.15, -0.1) is 11.3 Å². The van der Waals surface area contributed by atoms with E-state index in [1.54, 1.807) is 0 Å². The lowest BCUT2D eigenvalue weighted by molar-refractivity contribution is 0.0944. The summed E-state index contributed by atoms with van der Waals surface area (Å²) in [7, 11) is 0. The third-order valence-electron chi connectivity index (χ3n) is 2.78. The van der Waals surface area contributed by atoms with E-state index in [1.165, 1.54) is 11.3 Å². The van der Waals surface area contributed by atoms with Crippen LogP contribution in [0.1, 0.15) is 33.8 Å². The Morgan fingerprint density at radius 3 is 2.74 bits per heavy atom. The lowest BCUT2D eigenvalue weighted by Crippen LogP contribution is -2.25. The van der Waals surface area contributed by atoms with Gasteiger partial charge in [0.05, 0.1) is 14.7 Å². The van der Waals surface area contributed by atoms with Crippen molar-refractivity contribution in [3.05, 3.63) is 55.1 Å². The average Bonchev–Trinajstić information content (AvgIpc) is 2.69. The van der Waals surface area contributed by atoms with E-state index in [-0.39, 0.29) is 11.9 Å². The molecular formula is C14H13BrClNOS. The Morgan fingerprint density at radius 1 is 1.42 bits per heavy atom. The molecule has 2 nitrogen and oxygen atoms in total. The van der Waals surface area contributed by atoms with Crippen molar-refractivity contribution in [2.24, 2.45) is 0 Å². The Bertz CT molecular complexity index is 592. The van der Waals surface area contributed by atoms with Crippen LogP contribution in [-0.2, 0) is 0 Å². The number of hydrogen-bond acceptors (Lipinski definition) is 2. The molecule has 0 bridgehead atoms. The second-order valence-corrected chi connectivity index (χ2v) is 7.12. The van der Waals surface area contributed by atoms with E-state index in [4.69, 9.17) is 11.6 Å². The van der Waals surface area contributed by atoms with E-state index in [0.29, 0.717) is 9.90 Å². The molecule has 2 aromatic rings. The molecule has 2 rings (SSSR count). The van der Waals surface area contributed by atoms with Crippen LogP contribution >= 0.6 is 38.9 Å². The van der Waals surface area contributed by atoms with Crippen LogP contribution in [0.4, 0.5) is 0 Å². The first-order valence-electron chi connectivity index (χ1n) is 5.79. The van der Waals surface area contributed by atoms with Gasteiger partial charge < -0.3 is 5.32 Å². The minimum Gasteiger partial charge on any atom is -0.345 e. The summed E-state index contributed by atoms with van der Waals surface area (Å²) in [6.45, 7) is 3.91. The van der Waals surface area contributed by atoms with Crippen LogP contribution in [0, 0.1) is 6.92 Å². The Kier molecular flexibility index (Phi) is 4.66. The third-order valence-corrected chi connectivity index (χ3v) is 5.15. The first-order valence-corrected chi connectivity index (χ1v) is 7.78. The summed E-state index contributed by atoms with van der Waals surface area (Å²) in [5.74, 6) is -0.0636. The Labute approximate surface area is 129 Å². The predicted octanol–water partition coefficient (Wildman–Crippen LogP) is 4.96. The van der Waals surface area contributed by atoms with Crippen LogP contribution in [0.15, 0.2) is 34.1 Å². The molecule has 0 aliphatic rings. The fourth-order valence-corrected chi connectivity index (χ4v) is 3.34. The van der Waals surface area contributed by atoms with Gasteiger partial charge in [0.15, 0.2) is 0 Å². The van der Waals surface area contributed by atoms with Gasteiger partial charge in [0, 0.05) is 5.02 Å². The normalized spacial score (nSPS) is 12.2. The van der Waals surface area contributed by atoms with Crippen LogP contribution < -0.4 is 5.32 Å². The Balaban J connectivity index is 2.10. The zero-order valence-electron chi connectivity index (χ0n) is 10.5. The maximum atomic E-state index is 12.1. The lowest BCUT2D eigenvalue weighted by atomic mass is 10.1. The number of thiophene rings is 1. The largest absolute Gasteiger partial charge is 0.345 e. The summed E-state index contributed by atoms with van der Waals surface area (Å²) in [6, 6.07) is 9.32. The standard InChI is InChI=1S/C14H13BrClNOS/c1-8-6-12(19-13(8)15)14(18)17-9(2)10-4-3-5-11(16)7-10/h3-7,9H,1-2H3,(H,17,18). The lowest BCUT2D eigenvalue weighted by Gasteiger charge is -2.13. The minimum absolute atomic E-state index is 0.0636. The fraction of sp³-hybridized carbons (Fsp3) is 0.214. The maximum absolute atomic E-state index is 12.1. The van der Waals surface area contributed by atoms with Crippen molar-refractivity contribution in [1.29, 1.82) is 0 Å². The zero-order chi connectivity index (χ0) is 14.0. The highest BCUT2D eigenvalue weighted by Crippen LogP contribution is 2.27. The van der Waals surface area contributed by atoms with Gasteiger partial charge in [-0.2, -0.15) is 0 Å².